The van der Waals surface area contributed by atoms with E-state index in [2.05, 4.69) is 21.8 Å². The Morgan fingerprint density at radius 3 is 2.84 bits per heavy atom. The van der Waals surface area contributed by atoms with Crippen molar-refractivity contribution in [3.05, 3.63) is 42.2 Å². The van der Waals surface area contributed by atoms with Crippen LogP contribution in [0.15, 0.2) is 36.7 Å². The minimum atomic E-state index is 0.173. The Hall–Kier alpha value is -3.04. The number of hydrogen-bond donors (Lipinski definition) is 2. The zero-order valence-electron chi connectivity index (χ0n) is 13.6. The fraction of sp³-hybridized carbons (Fsp3) is 0.263. The Morgan fingerprint density at radius 1 is 1.24 bits per heavy atom. The van der Waals surface area contributed by atoms with Crippen molar-refractivity contribution < 1.29 is 9.84 Å². The van der Waals surface area contributed by atoms with Crippen molar-refractivity contribution in [1.82, 2.24) is 14.4 Å². The van der Waals surface area contributed by atoms with Gasteiger partial charge in [0.25, 0.3) is 0 Å². The van der Waals surface area contributed by atoms with Crippen molar-refractivity contribution in [3.63, 3.8) is 0 Å². The molecule has 0 spiro atoms. The molecular formula is C19H18N4O2. The van der Waals surface area contributed by atoms with Gasteiger partial charge in [0.05, 0.1) is 17.4 Å². The van der Waals surface area contributed by atoms with Crippen LogP contribution in [0.25, 0.3) is 17.0 Å². The van der Waals surface area contributed by atoms with Gasteiger partial charge < -0.3 is 15.6 Å². The highest BCUT2D eigenvalue weighted by Gasteiger charge is 2.16. The van der Waals surface area contributed by atoms with Crippen molar-refractivity contribution >= 4 is 11.6 Å². The maximum atomic E-state index is 9.98. The molecule has 0 unspecified atom stereocenters. The molecule has 3 N–H and O–H groups in total. The van der Waals surface area contributed by atoms with Gasteiger partial charge in [0, 0.05) is 18.0 Å². The summed E-state index contributed by atoms with van der Waals surface area (Å²) in [5.74, 6) is 6.97. The first kappa shape index (κ1) is 15.5. The molecule has 0 amide bonds. The standard InChI is InChI=1S/C19H18N4O2/c20-18-13(5-4-10-25-14-6-3-7-14)11-23-12-16(21-19(23)22-18)15-8-1-2-9-17(15)24/h1-2,8-9,11-12,14,24H,3,6-7,10H2,(H2,20,21,22). The summed E-state index contributed by atoms with van der Waals surface area (Å²) in [5, 5.41) is 9.98. The van der Waals surface area contributed by atoms with Crippen LogP contribution in [0.1, 0.15) is 24.8 Å². The van der Waals surface area contributed by atoms with E-state index in [0.717, 1.165) is 12.8 Å². The van der Waals surface area contributed by atoms with Crippen molar-refractivity contribution in [2.75, 3.05) is 12.3 Å². The Morgan fingerprint density at radius 2 is 2.08 bits per heavy atom. The first-order valence-corrected chi connectivity index (χ1v) is 8.25. The van der Waals surface area contributed by atoms with Gasteiger partial charge >= 0.3 is 0 Å². The molecular weight excluding hydrogens is 316 g/mol. The van der Waals surface area contributed by atoms with Crippen LogP contribution in [0.5, 0.6) is 5.75 Å². The number of ether oxygens (including phenoxy) is 1. The molecule has 25 heavy (non-hydrogen) atoms. The molecule has 6 nitrogen and oxygen atoms in total. The quantitative estimate of drug-likeness (QED) is 0.719. The van der Waals surface area contributed by atoms with Crippen LogP contribution in [0.2, 0.25) is 0 Å². The third-order valence-electron chi connectivity index (χ3n) is 4.32. The minimum absolute atomic E-state index is 0.173. The van der Waals surface area contributed by atoms with Crippen LogP contribution in [0.3, 0.4) is 0 Å². The lowest BCUT2D eigenvalue weighted by molar-refractivity contribution is 0.0217. The molecule has 1 aliphatic carbocycles. The molecule has 2 aromatic heterocycles. The number of nitrogens with two attached hydrogens (primary N) is 1. The predicted molar refractivity (Wildman–Crippen MR) is 95.0 cm³/mol. The van der Waals surface area contributed by atoms with Gasteiger partial charge in [-0.1, -0.05) is 24.0 Å². The van der Waals surface area contributed by atoms with Crippen LogP contribution in [0.4, 0.5) is 5.82 Å². The van der Waals surface area contributed by atoms with E-state index in [9.17, 15) is 5.11 Å². The van der Waals surface area contributed by atoms with Crippen molar-refractivity contribution in [2.45, 2.75) is 25.4 Å². The monoisotopic (exact) mass is 334 g/mol. The van der Waals surface area contributed by atoms with E-state index >= 15 is 0 Å². The van der Waals surface area contributed by atoms with Crippen LogP contribution in [-0.4, -0.2) is 32.2 Å². The van der Waals surface area contributed by atoms with Crippen LogP contribution in [0, 0.1) is 11.8 Å². The summed E-state index contributed by atoms with van der Waals surface area (Å²) in [7, 11) is 0. The molecule has 0 atom stereocenters. The second kappa shape index (κ2) is 6.46. The first-order valence-electron chi connectivity index (χ1n) is 8.25. The van der Waals surface area contributed by atoms with E-state index in [-0.39, 0.29) is 5.75 Å². The van der Waals surface area contributed by atoms with E-state index in [1.165, 1.54) is 6.42 Å². The van der Waals surface area contributed by atoms with Crippen molar-refractivity contribution in [2.24, 2.45) is 0 Å². The second-order valence-corrected chi connectivity index (χ2v) is 6.06. The van der Waals surface area contributed by atoms with Crippen LogP contribution < -0.4 is 5.73 Å². The molecule has 1 aliphatic rings. The summed E-state index contributed by atoms with van der Waals surface area (Å²) < 4.78 is 7.38. The number of aromatic hydroxyl groups is 1. The van der Waals surface area contributed by atoms with Gasteiger partial charge in [0.1, 0.15) is 18.2 Å². The number of anilines is 1. The number of phenolic OH excluding ortho intramolecular Hbond substituents is 1. The molecule has 0 radical (unpaired) electrons. The molecule has 0 aliphatic heterocycles. The van der Waals surface area contributed by atoms with Crippen molar-refractivity contribution in [1.29, 1.82) is 0 Å². The summed E-state index contributed by atoms with van der Waals surface area (Å²) in [4.78, 5) is 8.72. The topological polar surface area (TPSA) is 85.7 Å². The largest absolute Gasteiger partial charge is 0.507 e. The van der Waals surface area contributed by atoms with Gasteiger partial charge in [-0.05, 0) is 31.4 Å². The predicted octanol–water partition coefficient (Wildman–Crippen LogP) is 2.60. The fourth-order valence-electron chi connectivity index (χ4n) is 2.68. The van der Waals surface area contributed by atoms with Gasteiger partial charge in [0.15, 0.2) is 0 Å². The van der Waals surface area contributed by atoms with Gasteiger partial charge in [-0.25, -0.2) is 4.98 Å². The SMILES string of the molecule is Nc1nc2nc(-c3ccccc3O)cn2cc1C#CCOC1CCC1. The van der Waals surface area contributed by atoms with E-state index < -0.39 is 0 Å². The number of benzene rings is 1. The third-order valence-corrected chi connectivity index (χ3v) is 4.32. The molecule has 0 saturated heterocycles. The summed E-state index contributed by atoms with van der Waals surface area (Å²) >= 11 is 0. The molecule has 126 valence electrons. The number of nitrogen functional groups attached to an aromatic ring is 1. The number of aromatic nitrogens is 3. The van der Waals surface area contributed by atoms with Gasteiger partial charge in [0.2, 0.25) is 5.78 Å². The van der Waals surface area contributed by atoms with E-state index in [1.807, 2.05) is 6.07 Å². The zero-order valence-corrected chi connectivity index (χ0v) is 13.6. The molecule has 1 aromatic carbocycles. The fourth-order valence-corrected chi connectivity index (χ4v) is 2.68. The first-order chi connectivity index (χ1) is 12.2. The van der Waals surface area contributed by atoms with Crippen LogP contribution >= 0.6 is 0 Å². The zero-order chi connectivity index (χ0) is 17.2. The maximum absolute atomic E-state index is 9.98. The summed E-state index contributed by atoms with van der Waals surface area (Å²) in [6.07, 6.45) is 7.45. The van der Waals surface area contributed by atoms with Gasteiger partial charge in [-0.15, -0.1) is 0 Å². The normalized spacial score (nSPS) is 14.1. The number of nitrogens with zero attached hydrogens (tertiary/aromatic N) is 3. The Balaban J connectivity index is 1.60. The molecule has 3 aromatic rings. The molecule has 1 saturated carbocycles. The lowest BCUT2D eigenvalue weighted by atomic mass is 9.96. The van der Waals surface area contributed by atoms with Gasteiger partial charge in [-0.2, -0.15) is 4.98 Å². The number of imidazole rings is 1. The van der Waals surface area contributed by atoms with Crippen molar-refractivity contribution in [3.8, 4) is 28.8 Å². The molecule has 1 fully saturated rings. The third kappa shape index (κ3) is 3.14. The second-order valence-electron chi connectivity index (χ2n) is 6.06. The van der Waals surface area contributed by atoms with E-state index in [1.54, 1.807) is 35.0 Å². The highest BCUT2D eigenvalue weighted by Crippen LogP contribution is 2.28. The molecule has 2 heterocycles. The summed E-state index contributed by atoms with van der Waals surface area (Å²) in [6, 6.07) is 7.04. The number of para-hydroxylation sites is 1. The molecule has 4 rings (SSSR count). The van der Waals surface area contributed by atoms with E-state index in [0.29, 0.717) is 41.1 Å². The Kier molecular flexibility index (Phi) is 4.00. The number of hydrogen-bond acceptors (Lipinski definition) is 5. The minimum Gasteiger partial charge on any atom is -0.507 e. The number of phenols is 1. The Labute approximate surface area is 145 Å². The lowest BCUT2D eigenvalue weighted by Gasteiger charge is -2.24. The molecule has 6 heteroatoms. The maximum Gasteiger partial charge on any atom is 0.236 e. The van der Waals surface area contributed by atoms with Gasteiger partial charge in [-0.3, -0.25) is 4.40 Å². The van der Waals surface area contributed by atoms with Crippen LogP contribution in [-0.2, 0) is 4.74 Å². The highest BCUT2D eigenvalue weighted by atomic mass is 16.5. The smallest absolute Gasteiger partial charge is 0.236 e. The highest BCUT2D eigenvalue weighted by molar-refractivity contribution is 5.68. The summed E-state index contributed by atoms with van der Waals surface area (Å²) in [6.45, 7) is 0.398. The number of rotatable bonds is 3. The average molecular weight is 334 g/mol. The lowest BCUT2D eigenvalue weighted by Crippen LogP contribution is -2.21. The summed E-state index contributed by atoms with van der Waals surface area (Å²) in [5.41, 5.74) is 7.89. The average Bonchev–Trinajstić information content (AvgIpc) is 2.95. The number of fused-ring (bicyclic) bond motifs is 1. The van der Waals surface area contributed by atoms with E-state index in [4.69, 9.17) is 10.5 Å². The Bertz CT molecular complexity index is 980. The molecule has 0 bridgehead atoms.